The smallest absolute Gasteiger partial charge is 0.311 e. The van der Waals surface area contributed by atoms with E-state index >= 15 is 0 Å². The van der Waals surface area contributed by atoms with Crippen molar-refractivity contribution in [3.05, 3.63) is 16.1 Å². The van der Waals surface area contributed by atoms with E-state index in [1.165, 1.54) is 7.11 Å². The molecule has 0 aliphatic heterocycles. The Bertz CT molecular complexity index is 451. The van der Waals surface area contributed by atoms with Crippen molar-refractivity contribution < 1.29 is 17.9 Å². The predicted molar refractivity (Wildman–Crippen MR) is 54.6 cm³/mol. The van der Waals surface area contributed by atoms with Crippen LogP contribution in [0.4, 0.5) is 0 Å². The number of sulfonamides is 1. The fourth-order valence-corrected chi connectivity index (χ4v) is 2.64. The fraction of sp³-hybridized carbons (Fsp3) is 0.429. The van der Waals surface area contributed by atoms with Crippen LogP contribution in [-0.2, 0) is 31.7 Å². The van der Waals surface area contributed by atoms with Gasteiger partial charge in [-0.05, 0) is 0 Å². The number of methoxy groups -OCH3 is 1. The Morgan fingerprint density at radius 3 is 2.87 bits per heavy atom. The van der Waals surface area contributed by atoms with Crippen LogP contribution in [0, 0.1) is 0 Å². The van der Waals surface area contributed by atoms with Gasteiger partial charge in [-0.3, -0.25) is 4.79 Å². The molecule has 0 amide bonds. The summed E-state index contributed by atoms with van der Waals surface area (Å²) in [5, 5.41) is 6.83. The number of nitrogens with zero attached hydrogens (tertiary/aromatic N) is 1. The van der Waals surface area contributed by atoms with Crippen LogP contribution in [0.5, 0.6) is 0 Å². The predicted octanol–water partition coefficient (Wildman–Crippen LogP) is -0.353. The summed E-state index contributed by atoms with van der Waals surface area (Å²) in [5.74, 6) is -0.721. The second-order valence-corrected chi connectivity index (χ2v) is 5.35. The van der Waals surface area contributed by atoms with E-state index in [-0.39, 0.29) is 12.2 Å². The summed E-state index contributed by atoms with van der Waals surface area (Å²) in [6.45, 7) is 0. The van der Waals surface area contributed by atoms with Gasteiger partial charge < -0.3 is 4.74 Å². The molecule has 0 spiro atoms. The van der Waals surface area contributed by atoms with Gasteiger partial charge in [-0.2, -0.15) is 0 Å². The highest BCUT2D eigenvalue weighted by Gasteiger charge is 2.11. The first-order valence-electron chi connectivity index (χ1n) is 3.91. The van der Waals surface area contributed by atoms with Crippen LogP contribution in [-0.4, -0.2) is 26.5 Å². The van der Waals surface area contributed by atoms with Gasteiger partial charge in [0.25, 0.3) is 0 Å². The molecule has 1 heterocycles. The van der Waals surface area contributed by atoms with E-state index in [4.69, 9.17) is 5.14 Å². The Balaban J connectivity index is 2.69. The first kappa shape index (κ1) is 12.1. The molecular formula is C7H10N2O4S2. The molecule has 0 atom stereocenters. The standard InChI is InChI=1S/C7H10N2O4S2/c1-13-7(10)2-5-3-14-6(9-5)4-15(8,11)12/h3H,2,4H2,1H3,(H2,8,11,12). The lowest BCUT2D eigenvalue weighted by molar-refractivity contribution is -0.139. The maximum atomic E-state index is 10.9. The average Bonchev–Trinajstić information content (AvgIpc) is 2.49. The van der Waals surface area contributed by atoms with Gasteiger partial charge in [0, 0.05) is 5.38 Å². The molecule has 6 nitrogen and oxygen atoms in total. The zero-order valence-corrected chi connectivity index (χ0v) is 9.60. The lowest BCUT2D eigenvalue weighted by Crippen LogP contribution is -2.14. The lowest BCUT2D eigenvalue weighted by Gasteiger charge is -1.94. The molecule has 1 rings (SSSR count). The van der Waals surface area contributed by atoms with Crippen molar-refractivity contribution in [1.82, 2.24) is 4.98 Å². The molecule has 0 aliphatic rings. The zero-order chi connectivity index (χ0) is 11.5. The van der Waals surface area contributed by atoms with E-state index in [1.54, 1.807) is 5.38 Å². The van der Waals surface area contributed by atoms with Crippen LogP contribution in [0.1, 0.15) is 10.7 Å². The van der Waals surface area contributed by atoms with E-state index in [0.29, 0.717) is 10.7 Å². The normalized spacial score (nSPS) is 11.3. The van der Waals surface area contributed by atoms with Crippen molar-refractivity contribution in [3.8, 4) is 0 Å². The minimum atomic E-state index is -3.57. The molecule has 0 saturated carbocycles. The van der Waals surface area contributed by atoms with Gasteiger partial charge in [0.05, 0.1) is 19.2 Å². The second-order valence-electron chi connectivity index (χ2n) is 2.79. The number of thiazole rings is 1. The van der Waals surface area contributed by atoms with Gasteiger partial charge >= 0.3 is 5.97 Å². The minimum Gasteiger partial charge on any atom is -0.469 e. The molecule has 1 aromatic heterocycles. The third kappa shape index (κ3) is 4.36. The van der Waals surface area contributed by atoms with Crippen molar-refractivity contribution in [2.24, 2.45) is 5.14 Å². The number of hydrogen-bond donors (Lipinski definition) is 1. The first-order chi connectivity index (χ1) is 6.90. The Hall–Kier alpha value is -0.990. The maximum Gasteiger partial charge on any atom is 0.311 e. The second kappa shape index (κ2) is 4.69. The summed E-state index contributed by atoms with van der Waals surface area (Å²) in [5.41, 5.74) is 0.491. The third-order valence-corrected chi connectivity index (χ3v) is 3.23. The molecule has 0 aromatic carbocycles. The zero-order valence-electron chi connectivity index (χ0n) is 7.97. The monoisotopic (exact) mass is 250 g/mol. The van der Waals surface area contributed by atoms with Gasteiger partial charge in [-0.1, -0.05) is 0 Å². The van der Waals surface area contributed by atoms with Crippen LogP contribution >= 0.6 is 11.3 Å². The highest BCUT2D eigenvalue weighted by Crippen LogP contribution is 2.12. The number of carbonyl (C=O) groups excluding carboxylic acids is 1. The van der Waals surface area contributed by atoms with Crippen molar-refractivity contribution in [1.29, 1.82) is 0 Å². The van der Waals surface area contributed by atoms with Gasteiger partial charge in [0.15, 0.2) is 0 Å². The quantitative estimate of drug-likeness (QED) is 0.736. The maximum absolute atomic E-state index is 10.9. The molecule has 84 valence electrons. The van der Waals surface area contributed by atoms with Crippen molar-refractivity contribution in [3.63, 3.8) is 0 Å². The van der Waals surface area contributed by atoms with Gasteiger partial charge in [0.2, 0.25) is 10.0 Å². The van der Waals surface area contributed by atoms with E-state index in [2.05, 4.69) is 9.72 Å². The summed E-state index contributed by atoms with van der Waals surface area (Å²) < 4.78 is 25.9. The number of nitrogens with two attached hydrogens (primary N) is 1. The van der Waals surface area contributed by atoms with Gasteiger partial charge in [-0.15, -0.1) is 11.3 Å². The summed E-state index contributed by atoms with van der Waals surface area (Å²) in [6, 6.07) is 0. The number of ether oxygens (including phenoxy) is 1. The lowest BCUT2D eigenvalue weighted by atomic mass is 10.3. The minimum absolute atomic E-state index is 0.0393. The summed E-state index contributed by atoms with van der Waals surface area (Å²) in [4.78, 5) is 14.8. The Labute approximate surface area is 91.1 Å². The molecule has 2 N–H and O–H groups in total. The molecule has 15 heavy (non-hydrogen) atoms. The van der Waals surface area contributed by atoms with Crippen LogP contribution in [0.2, 0.25) is 0 Å². The molecule has 1 aromatic rings. The van der Waals surface area contributed by atoms with Crippen molar-refractivity contribution >= 4 is 27.3 Å². The highest BCUT2D eigenvalue weighted by atomic mass is 32.2. The number of carbonyl (C=O) groups is 1. The number of hydrogen-bond acceptors (Lipinski definition) is 6. The molecule has 8 heteroatoms. The molecular weight excluding hydrogens is 240 g/mol. The first-order valence-corrected chi connectivity index (χ1v) is 6.51. The number of esters is 1. The number of rotatable bonds is 4. The Morgan fingerprint density at radius 1 is 1.67 bits per heavy atom. The molecule has 0 bridgehead atoms. The van der Waals surface area contributed by atoms with Crippen LogP contribution in [0.3, 0.4) is 0 Å². The molecule has 0 unspecified atom stereocenters. The Morgan fingerprint density at radius 2 is 2.33 bits per heavy atom. The van der Waals surface area contributed by atoms with Crippen LogP contribution in [0.25, 0.3) is 0 Å². The van der Waals surface area contributed by atoms with E-state index in [1.807, 2.05) is 0 Å². The fourth-order valence-electron chi connectivity index (χ4n) is 0.889. The van der Waals surface area contributed by atoms with Gasteiger partial charge in [-0.25, -0.2) is 18.5 Å². The SMILES string of the molecule is COC(=O)Cc1csc(CS(N)(=O)=O)n1. The molecule has 0 radical (unpaired) electrons. The highest BCUT2D eigenvalue weighted by molar-refractivity contribution is 7.88. The molecule has 0 aliphatic carbocycles. The van der Waals surface area contributed by atoms with E-state index in [0.717, 1.165) is 11.3 Å². The van der Waals surface area contributed by atoms with E-state index < -0.39 is 16.0 Å². The molecule has 0 saturated heterocycles. The third-order valence-electron chi connectivity index (χ3n) is 1.48. The summed E-state index contributed by atoms with van der Waals surface area (Å²) in [6.07, 6.45) is 0.0393. The largest absolute Gasteiger partial charge is 0.469 e. The van der Waals surface area contributed by atoms with Gasteiger partial charge in [0.1, 0.15) is 10.8 Å². The number of primary sulfonamides is 1. The number of aromatic nitrogens is 1. The van der Waals surface area contributed by atoms with Crippen molar-refractivity contribution in [2.45, 2.75) is 12.2 Å². The molecule has 0 fully saturated rings. The average molecular weight is 250 g/mol. The topological polar surface area (TPSA) is 99.4 Å². The van der Waals surface area contributed by atoms with Crippen molar-refractivity contribution in [2.75, 3.05) is 7.11 Å². The summed E-state index contributed by atoms with van der Waals surface area (Å²) in [7, 11) is -2.29. The summed E-state index contributed by atoms with van der Waals surface area (Å²) >= 11 is 1.15. The Kier molecular flexibility index (Phi) is 3.77. The van der Waals surface area contributed by atoms with E-state index in [9.17, 15) is 13.2 Å². The van der Waals surface area contributed by atoms with Crippen LogP contribution < -0.4 is 5.14 Å². The van der Waals surface area contributed by atoms with Crippen LogP contribution in [0.15, 0.2) is 5.38 Å².